The van der Waals surface area contributed by atoms with Crippen LogP contribution in [0.4, 0.5) is 0 Å². The molecule has 1 aliphatic rings. The maximum absolute atomic E-state index is 6.06. The Kier molecular flexibility index (Phi) is 5.22. The standard InChI is InChI=1S/C13H29N3/c1-5-16(12(2)10-15(3)4)13(11-14)8-6-7-9-13/h12H,5-11,14H2,1-4H3. The molecule has 0 aromatic carbocycles. The van der Waals surface area contributed by atoms with Crippen molar-refractivity contribution in [1.29, 1.82) is 0 Å². The van der Waals surface area contributed by atoms with Crippen molar-refractivity contribution in [2.45, 2.75) is 51.1 Å². The van der Waals surface area contributed by atoms with Crippen molar-refractivity contribution in [1.82, 2.24) is 9.80 Å². The maximum Gasteiger partial charge on any atom is 0.0334 e. The molecule has 0 radical (unpaired) electrons. The number of nitrogens with zero attached hydrogens (tertiary/aromatic N) is 2. The lowest BCUT2D eigenvalue weighted by molar-refractivity contribution is 0.0527. The molecule has 1 saturated carbocycles. The smallest absolute Gasteiger partial charge is 0.0334 e. The molecule has 1 rings (SSSR count). The Morgan fingerprint density at radius 1 is 1.25 bits per heavy atom. The van der Waals surface area contributed by atoms with E-state index in [0.29, 0.717) is 11.6 Å². The second-order valence-corrected chi connectivity index (χ2v) is 5.53. The van der Waals surface area contributed by atoms with Gasteiger partial charge in [0.1, 0.15) is 0 Å². The Bertz CT molecular complexity index is 197. The highest BCUT2D eigenvalue weighted by Crippen LogP contribution is 2.35. The molecule has 96 valence electrons. The van der Waals surface area contributed by atoms with E-state index >= 15 is 0 Å². The van der Waals surface area contributed by atoms with Gasteiger partial charge >= 0.3 is 0 Å². The fraction of sp³-hybridized carbons (Fsp3) is 1.00. The number of hydrogen-bond donors (Lipinski definition) is 1. The van der Waals surface area contributed by atoms with Crippen molar-refractivity contribution in [2.75, 3.05) is 33.7 Å². The molecule has 16 heavy (non-hydrogen) atoms. The molecule has 0 aromatic heterocycles. The second kappa shape index (κ2) is 5.99. The summed E-state index contributed by atoms with van der Waals surface area (Å²) in [4.78, 5) is 4.91. The van der Waals surface area contributed by atoms with Crippen LogP contribution in [0.3, 0.4) is 0 Å². The van der Waals surface area contributed by atoms with Crippen LogP contribution in [-0.4, -0.2) is 55.1 Å². The highest BCUT2D eigenvalue weighted by atomic mass is 15.3. The number of likely N-dealkylation sites (N-methyl/N-ethyl adjacent to an activating group) is 2. The predicted octanol–water partition coefficient (Wildman–Crippen LogP) is 1.53. The highest BCUT2D eigenvalue weighted by Gasteiger charge is 2.39. The minimum absolute atomic E-state index is 0.296. The van der Waals surface area contributed by atoms with Gasteiger partial charge in [-0.2, -0.15) is 0 Å². The van der Waals surface area contributed by atoms with Crippen molar-refractivity contribution in [3.63, 3.8) is 0 Å². The molecule has 3 heteroatoms. The lowest BCUT2D eigenvalue weighted by Gasteiger charge is -2.44. The van der Waals surface area contributed by atoms with Crippen LogP contribution < -0.4 is 5.73 Å². The summed E-state index contributed by atoms with van der Waals surface area (Å²) < 4.78 is 0. The molecule has 1 unspecified atom stereocenters. The quantitative estimate of drug-likeness (QED) is 0.747. The van der Waals surface area contributed by atoms with E-state index in [0.717, 1.165) is 19.6 Å². The van der Waals surface area contributed by atoms with Gasteiger partial charge in [-0.05, 0) is 40.4 Å². The van der Waals surface area contributed by atoms with Gasteiger partial charge in [0.2, 0.25) is 0 Å². The normalized spacial score (nSPS) is 21.9. The second-order valence-electron chi connectivity index (χ2n) is 5.53. The van der Waals surface area contributed by atoms with Crippen molar-refractivity contribution >= 4 is 0 Å². The summed E-state index contributed by atoms with van der Waals surface area (Å²) >= 11 is 0. The summed E-state index contributed by atoms with van der Waals surface area (Å²) in [5, 5.41) is 0. The average molecular weight is 227 g/mol. The average Bonchev–Trinajstić information content (AvgIpc) is 2.67. The van der Waals surface area contributed by atoms with Crippen molar-refractivity contribution in [3.05, 3.63) is 0 Å². The molecule has 0 aliphatic heterocycles. The summed E-state index contributed by atoms with van der Waals surface area (Å²) in [6.45, 7) is 7.65. The first-order valence-electron chi connectivity index (χ1n) is 6.67. The lowest BCUT2D eigenvalue weighted by atomic mass is 9.93. The van der Waals surface area contributed by atoms with Gasteiger partial charge in [-0.25, -0.2) is 0 Å². The topological polar surface area (TPSA) is 32.5 Å². The lowest BCUT2D eigenvalue weighted by Crippen LogP contribution is -2.57. The minimum Gasteiger partial charge on any atom is -0.329 e. The van der Waals surface area contributed by atoms with Crippen LogP contribution in [0.25, 0.3) is 0 Å². The van der Waals surface area contributed by atoms with E-state index in [2.05, 4.69) is 37.7 Å². The Labute approximate surface area is 101 Å². The van der Waals surface area contributed by atoms with Gasteiger partial charge in [0.15, 0.2) is 0 Å². The van der Waals surface area contributed by atoms with Gasteiger partial charge < -0.3 is 10.6 Å². The molecular weight excluding hydrogens is 198 g/mol. The van der Waals surface area contributed by atoms with Gasteiger partial charge in [-0.15, -0.1) is 0 Å². The molecule has 0 aromatic rings. The van der Waals surface area contributed by atoms with Crippen LogP contribution in [0.5, 0.6) is 0 Å². The van der Waals surface area contributed by atoms with E-state index in [4.69, 9.17) is 5.73 Å². The van der Waals surface area contributed by atoms with E-state index in [1.807, 2.05) is 0 Å². The summed E-state index contributed by atoms with van der Waals surface area (Å²) in [6.07, 6.45) is 5.27. The van der Waals surface area contributed by atoms with E-state index in [9.17, 15) is 0 Å². The Balaban J connectivity index is 2.70. The summed E-state index contributed by atoms with van der Waals surface area (Å²) in [5.74, 6) is 0. The Morgan fingerprint density at radius 2 is 1.81 bits per heavy atom. The van der Waals surface area contributed by atoms with Crippen LogP contribution in [0, 0.1) is 0 Å². The monoisotopic (exact) mass is 227 g/mol. The number of hydrogen-bond acceptors (Lipinski definition) is 3. The molecule has 0 heterocycles. The van der Waals surface area contributed by atoms with Gasteiger partial charge in [0.25, 0.3) is 0 Å². The summed E-state index contributed by atoms with van der Waals surface area (Å²) in [6, 6.07) is 0.599. The van der Waals surface area contributed by atoms with Crippen molar-refractivity contribution in [3.8, 4) is 0 Å². The Morgan fingerprint density at radius 3 is 2.19 bits per heavy atom. The first-order chi connectivity index (χ1) is 7.55. The maximum atomic E-state index is 6.06. The first-order valence-corrected chi connectivity index (χ1v) is 6.67. The molecule has 0 saturated heterocycles. The molecule has 1 aliphatic carbocycles. The fourth-order valence-corrected chi connectivity index (χ4v) is 3.38. The molecular formula is C13H29N3. The zero-order valence-electron chi connectivity index (χ0n) is 11.5. The molecule has 0 amide bonds. The van der Waals surface area contributed by atoms with Crippen molar-refractivity contribution < 1.29 is 0 Å². The van der Waals surface area contributed by atoms with E-state index in [1.165, 1.54) is 25.7 Å². The summed E-state index contributed by atoms with van der Waals surface area (Å²) in [5.41, 5.74) is 6.35. The number of nitrogens with two attached hydrogens (primary N) is 1. The third kappa shape index (κ3) is 2.96. The zero-order valence-corrected chi connectivity index (χ0v) is 11.5. The Hall–Kier alpha value is -0.120. The molecule has 1 fully saturated rings. The van der Waals surface area contributed by atoms with Crippen LogP contribution in [0.15, 0.2) is 0 Å². The predicted molar refractivity (Wildman–Crippen MR) is 70.6 cm³/mol. The van der Waals surface area contributed by atoms with Gasteiger partial charge in [0.05, 0.1) is 0 Å². The van der Waals surface area contributed by atoms with Crippen LogP contribution in [-0.2, 0) is 0 Å². The zero-order chi connectivity index (χ0) is 12.2. The largest absolute Gasteiger partial charge is 0.329 e. The third-order valence-electron chi connectivity index (χ3n) is 4.03. The van der Waals surface area contributed by atoms with E-state index in [1.54, 1.807) is 0 Å². The molecule has 0 spiro atoms. The van der Waals surface area contributed by atoms with E-state index in [-0.39, 0.29) is 0 Å². The van der Waals surface area contributed by atoms with Crippen LogP contribution in [0.2, 0.25) is 0 Å². The van der Waals surface area contributed by atoms with Gasteiger partial charge in [-0.3, -0.25) is 4.90 Å². The molecule has 1 atom stereocenters. The molecule has 2 N–H and O–H groups in total. The SMILES string of the molecule is CCN(C(C)CN(C)C)C1(CN)CCCC1. The highest BCUT2D eigenvalue weighted by molar-refractivity contribution is 4.97. The molecule has 3 nitrogen and oxygen atoms in total. The van der Waals surface area contributed by atoms with Crippen molar-refractivity contribution in [2.24, 2.45) is 5.73 Å². The first kappa shape index (κ1) is 13.9. The van der Waals surface area contributed by atoms with Crippen LogP contribution >= 0.6 is 0 Å². The van der Waals surface area contributed by atoms with Crippen LogP contribution in [0.1, 0.15) is 39.5 Å². The van der Waals surface area contributed by atoms with Gasteiger partial charge in [0, 0.05) is 24.7 Å². The number of rotatable bonds is 6. The molecule has 0 bridgehead atoms. The fourth-order valence-electron chi connectivity index (χ4n) is 3.38. The summed E-state index contributed by atoms with van der Waals surface area (Å²) in [7, 11) is 4.29. The van der Waals surface area contributed by atoms with Gasteiger partial charge in [-0.1, -0.05) is 19.8 Å². The third-order valence-corrected chi connectivity index (χ3v) is 4.03. The van der Waals surface area contributed by atoms with E-state index < -0.39 is 0 Å². The minimum atomic E-state index is 0.296.